The van der Waals surface area contributed by atoms with E-state index in [4.69, 9.17) is 14.6 Å². The van der Waals surface area contributed by atoms with Crippen LogP contribution in [0.4, 0.5) is 0 Å². The molecule has 6 nitrogen and oxygen atoms in total. The summed E-state index contributed by atoms with van der Waals surface area (Å²) in [7, 11) is 1.60. The number of ether oxygens (including phenoxy) is 2. The van der Waals surface area contributed by atoms with Crippen LogP contribution in [0.1, 0.15) is 11.4 Å². The Bertz CT molecular complexity index is 621. The van der Waals surface area contributed by atoms with E-state index in [0.29, 0.717) is 17.1 Å². The van der Waals surface area contributed by atoms with Crippen molar-refractivity contribution in [3.8, 4) is 11.5 Å². The van der Waals surface area contributed by atoms with Crippen LogP contribution in [0.3, 0.4) is 0 Å². The van der Waals surface area contributed by atoms with Gasteiger partial charge in [-0.05, 0) is 30.3 Å². The molecule has 2 rings (SSSR count). The van der Waals surface area contributed by atoms with Crippen molar-refractivity contribution >= 4 is 12.0 Å². The molecule has 0 saturated carbocycles. The van der Waals surface area contributed by atoms with Gasteiger partial charge >= 0.3 is 5.97 Å². The summed E-state index contributed by atoms with van der Waals surface area (Å²) < 4.78 is 10.6. The average molecular weight is 286 g/mol. The Balaban J connectivity index is 1.92. The Hall–Kier alpha value is -2.89. The lowest BCUT2D eigenvalue weighted by Crippen LogP contribution is -2.01. The van der Waals surface area contributed by atoms with Gasteiger partial charge in [-0.2, -0.15) is 0 Å². The fraction of sp³-hybridized carbons (Fsp3) is 0.133. The molecule has 0 aliphatic heterocycles. The normalized spacial score (nSPS) is 10.5. The first-order chi connectivity index (χ1) is 10.2. The van der Waals surface area contributed by atoms with Gasteiger partial charge in [-0.25, -0.2) is 14.8 Å². The third-order valence-corrected chi connectivity index (χ3v) is 2.57. The SMILES string of the molecule is COc1ccc(OCc2ncc(/C=C/C(=O)O)cn2)cc1. The molecule has 21 heavy (non-hydrogen) atoms. The molecule has 1 N–H and O–H groups in total. The molecule has 0 radical (unpaired) electrons. The number of carboxylic acid groups (broad SMARTS) is 1. The zero-order valence-corrected chi connectivity index (χ0v) is 11.4. The van der Waals surface area contributed by atoms with E-state index in [9.17, 15) is 4.79 Å². The fourth-order valence-corrected chi connectivity index (χ4v) is 1.51. The molecule has 1 aromatic carbocycles. The number of rotatable bonds is 6. The molecule has 6 heteroatoms. The maximum Gasteiger partial charge on any atom is 0.328 e. The van der Waals surface area contributed by atoms with Crippen molar-refractivity contribution in [2.45, 2.75) is 6.61 Å². The molecule has 0 spiro atoms. The van der Waals surface area contributed by atoms with Crippen molar-refractivity contribution in [2.24, 2.45) is 0 Å². The second kappa shape index (κ2) is 7.04. The first-order valence-electron chi connectivity index (χ1n) is 6.16. The van der Waals surface area contributed by atoms with Crippen LogP contribution in [0.15, 0.2) is 42.7 Å². The number of aliphatic carboxylic acids is 1. The quantitative estimate of drug-likeness (QED) is 0.819. The van der Waals surface area contributed by atoms with Crippen LogP contribution in [0, 0.1) is 0 Å². The molecule has 2 aromatic rings. The van der Waals surface area contributed by atoms with Crippen LogP contribution in [0.2, 0.25) is 0 Å². The summed E-state index contributed by atoms with van der Waals surface area (Å²) in [6.45, 7) is 0.231. The van der Waals surface area contributed by atoms with Crippen molar-refractivity contribution in [2.75, 3.05) is 7.11 Å². The molecule has 1 heterocycles. The summed E-state index contributed by atoms with van der Waals surface area (Å²) in [5.74, 6) is 0.947. The fourth-order valence-electron chi connectivity index (χ4n) is 1.51. The lowest BCUT2D eigenvalue weighted by molar-refractivity contribution is -0.131. The van der Waals surface area contributed by atoms with Crippen LogP contribution in [0.25, 0.3) is 6.08 Å². The largest absolute Gasteiger partial charge is 0.497 e. The molecule has 0 aliphatic rings. The summed E-state index contributed by atoms with van der Waals surface area (Å²) in [5.41, 5.74) is 0.616. The molecule has 1 aromatic heterocycles. The number of hydrogen-bond donors (Lipinski definition) is 1. The van der Waals surface area contributed by atoms with E-state index in [0.717, 1.165) is 11.8 Å². The third-order valence-electron chi connectivity index (χ3n) is 2.57. The Morgan fingerprint density at radius 3 is 2.38 bits per heavy atom. The third kappa shape index (κ3) is 4.61. The minimum absolute atomic E-state index is 0.231. The van der Waals surface area contributed by atoms with E-state index >= 15 is 0 Å². The summed E-state index contributed by atoms with van der Waals surface area (Å²) in [4.78, 5) is 18.6. The molecule has 0 atom stereocenters. The Labute approximate surface area is 121 Å². The number of aromatic nitrogens is 2. The summed E-state index contributed by atoms with van der Waals surface area (Å²) in [5, 5.41) is 8.52. The van der Waals surface area contributed by atoms with Gasteiger partial charge in [0.1, 0.15) is 18.1 Å². The molecule has 0 saturated heterocycles. The molecule has 0 amide bonds. The predicted molar refractivity (Wildman–Crippen MR) is 76.0 cm³/mol. The first-order valence-corrected chi connectivity index (χ1v) is 6.16. The highest BCUT2D eigenvalue weighted by molar-refractivity contribution is 5.85. The van der Waals surface area contributed by atoms with Gasteiger partial charge in [0.15, 0.2) is 5.82 Å². The minimum atomic E-state index is -1.01. The van der Waals surface area contributed by atoms with Gasteiger partial charge in [-0.3, -0.25) is 0 Å². The van der Waals surface area contributed by atoms with Gasteiger partial charge in [0.05, 0.1) is 7.11 Å². The first kappa shape index (κ1) is 14.5. The van der Waals surface area contributed by atoms with Gasteiger partial charge < -0.3 is 14.6 Å². The zero-order chi connectivity index (χ0) is 15.1. The summed E-state index contributed by atoms with van der Waals surface area (Å²) in [6.07, 6.45) is 5.54. The van der Waals surface area contributed by atoms with Gasteiger partial charge in [-0.1, -0.05) is 0 Å². The monoisotopic (exact) mass is 286 g/mol. The second-order valence-electron chi connectivity index (χ2n) is 4.07. The molecular weight excluding hydrogens is 272 g/mol. The molecule has 0 fully saturated rings. The van der Waals surface area contributed by atoms with Crippen LogP contribution in [-0.4, -0.2) is 28.2 Å². The second-order valence-corrected chi connectivity index (χ2v) is 4.07. The Morgan fingerprint density at radius 2 is 1.81 bits per heavy atom. The van der Waals surface area contributed by atoms with Crippen LogP contribution in [-0.2, 0) is 11.4 Å². The van der Waals surface area contributed by atoms with Crippen molar-refractivity contribution < 1.29 is 19.4 Å². The average Bonchev–Trinajstić information content (AvgIpc) is 2.52. The van der Waals surface area contributed by atoms with Gasteiger partial charge in [0.2, 0.25) is 0 Å². The van der Waals surface area contributed by atoms with E-state index < -0.39 is 5.97 Å². The number of carbonyl (C=O) groups is 1. The highest BCUT2D eigenvalue weighted by Crippen LogP contribution is 2.17. The van der Waals surface area contributed by atoms with E-state index in [-0.39, 0.29) is 6.61 Å². The van der Waals surface area contributed by atoms with Crippen LogP contribution >= 0.6 is 0 Å². The zero-order valence-electron chi connectivity index (χ0n) is 11.4. The van der Waals surface area contributed by atoms with E-state index in [1.54, 1.807) is 43.8 Å². The van der Waals surface area contributed by atoms with Gasteiger partial charge in [0.25, 0.3) is 0 Å². The Kier molecular flexibility index (Phi) is 4.87. The minimum Gasteiger partial charge on any atom is -0.497 e. The van der Waals surface area contributed by atoms with Gasteiger partial charge in [0, 0.05) is 24.0 Å². The molecule has 0 bridgehead atoms. The lowest BCUT2D eigenvalue weighted by atomic mass is 10.3. The van der Waals surface area contributed by atoms with Gasteiger partial charge in [-0.15, -0.1) is 0 Å². The summed E-state index contributed by atoms with van der Waals surface area (Å²) >= 11 is 0. The smallest absolute Gasteiger partial charge is 0.328 e. The van der Waals surface area contributed by atoms with Crippen molar-refractivity contribution in [1.82, 2.24) is 9.97 Å². The maximum atomic E-state index is 10.4. The topological polar surface area (TPSA) is 81.5 Å². The number of benzene rings is 1. The van der Waals surface area contributed by atoms with E-state index in [1.807, 2.05) is 0 Å². The highest BCUT2D eigenvalue weighted by Gasteiger charge is 2.00. The van der Waals surface area contributed by atoms with Crippen LogP contribution in [0.5, 0.6) is 11.5 Å². The number of carboxylic acids is 1. The maximum absolute atomic E-state index is 10.4. The highest BCUT2D eigenvalue weighted by atomic mass is 16.5. The van der Waals surface area contributed by atoms with Crippen molar-refractivity contribution in [3.05, 3.63) is 54.1 Å². The number of nitrogens with zero attached hydrogens (tertiary/aromatic N) is 2. The van der Waals surface area contributed by atoms with Crippen LogP contribution < -0.4 is 9.47 Å². The molecule has 0 unspecified atom stereocenters. The summed E-state index contributed by atoms with van der Waals surface area (Å²) in [6, 6.07) is 7.19. The Morgan fingerprint density at radius 1 is 1.19 bits per heavy atom. The molecule has 108 valence electrons. The molecular formula is C15H14N2O4. The van der Waals surface area contributed by atoms with Crippen molar-refractivity contribution in [1.29, 1.82) is 0 Å². The van der Waals surface area contributed by atoms with E-state index in [1.165, 1.54) is 6.08 Å². The number of hydrogen-bond acceptors (Lipinski definition) is 5. The van der Waals surface area contributed by atoms with E-state index in [2.05, 4.69) is 9.97 Å². The standard InChI is InChI=1S/C15H14N2O4/c1-20-12-3-5-13(6-4-12)21-10-14-16-8-11(9-17-14)2-7-15(18)19/h2-9H,10H2,1H3,(H,18,19)/b7-2+. The molecule has 0 aliphatic carbocycles. The van der Waals surface area contributed by atoms with Crippen molar-refractivity contribution in [3.63, 3.8) is 0 Å². The lowest BCUT2D eigenvalue weighted by Gasteiger charge is -2.06. The predicted octanol–water partition coefficient (Wildman–Crippen LogP) is 2.16. The number of methoxy groups -OCH3 is 1.